The molecule has 0 fully saturated rings. The van der Waals surface area contributed by atoms with E-state index < -0.39 is 12.1 Å². The molecule has 0 aliphatic rings. The van der Waals surface area contributed by atoms with E-state index in [9.17, 15) is 9.59 Å². The number of ether oxygens (including phenoxy) is 2. The normalized spacial score (nSPS) is 11.5. The van der Waals surface area contributed by atoms with Crippen LogP contribution in [0.4, 0.5) is 21.0 Å². The number of carbonyl (C=O) groups excluding carboxylic acids is 2. The Morgan fingerprint density at radius 1 is 0.952 bits per heavy atom. The van der Waals surface area contributed by atoms with Gasteiger partial charge in [-0.3, -0.25) is 0 Å². The molecule has 1 aromatic heterocycles. The molecular weight excluding hydrogens is 649 g/mol. The number of carbonyl (C=O) groups is 2. The van der Waals surface area contributed by atoms with Crippen molar-refractivity contribution in [3.8, 4) is 17.1 Å². The van der Waals surface area contributed by atoms with Crippen molar-refractivity contribution >= 4 is 23.5 Å². The van der Waals surface area contributed by atoms with Crippen LogP contribution in [0.5, 0.6) is 5.75 Å². The summed E-state index contributed by atoms with van der Waals surface area (Å²) < 4.78 is 17.4. The second-order valence-corrected chi connectivity index (χ2v) is 10.5. The number of halogens is 1. The molecule has 4 aromatic rings. The molecular formula is C31H36IN5O5. The van der Waals surface area contributed by atoms with E-state index >= 15 is 0 Å². The average Bonchev–Trinajstić information content (AvgIpc) is 3.49. The Bertz CT molecular complexity index is 1440. The lowest BCUT2D eigenvalue weighted by Crippen LogP contribution is -3.00. The predicted molar refractivity (Wildman–Crippen MR) is 158 cm³/mol. The molecule has 0 spiro atoms. The van der Waals surface area contributed by atoms with Gasteiger partial charge >= 0.3 is 12.1 Å². The van der Waals surface area contributed by atoms with Crippen LogP contribution >= 0.6 is 0 Å². The van der Waals surface area contributed by atoms with E-state index in [2.05, 4.69) is 42.1 Å². The fourth-order valence-corrected chi connectivity index (χ4v) is 4.18. The topological polar surface area (TPSA) is 115 Å². The highest BCUT2D eigenvalue weighted by Crippen LogP contribution is 2.32. The van der Waals surface area contributed by atoms with Crippen molar-refractivity contribution in [2.24, 2.45) is 0 Å². The van der Waals surface area contributed by atoms with Gasteiger partial charge in [-0.15, -0.1) is 0 Å². The van der Waals surface area contributed by atoms with E-state index in [0.717, 1.165) is 27.7 Å². The zero-order valence-corrected chi connectivity index (χ0v) is 26.3. The minimum Gasteiger partial charge on any atom is -1.00 e. The molecule has 0 saturated heterocycles. The Morgan fingerprint density at radius 3 is 2.36 bits per heavy atom. The number of benzene rings is 3. The monoisotopic (exact) mass is 685 g/mol. The second-order valence-electron chi connectivity index (χ2n) is 10.5. The molecule has 0 aliphatic heterocycles. The fourth-order valence-electron chi connectivity index (χ4n) is 4.18. The number of amides is 3. The van der Waals surface area contributed by atoms with Crippen LogP contribution in [0.25, 0.3) is 11.3 Å². The third-order valence-corrected chi connectivity index (χ3v) is 6.26. The molecule has 3 amide bonds. The van der Waals surface area contributed by atoms with Crippen molar-refractivity contribution in [2.75, 3.05) is 45.4 Å². The summed E-state index contributed by atoms with van der Waals surface area (Å²) in [7, 11) is 7.87. The van der Waals surface area contributed by atoms with Crippen LogP contribution in [0.2, 0.25) is 0 Å². The van der Waals surface area contributed by atoms with Crippen LogP contribution < -0.4 is 44.7 Å². The lowest BCUT2D eigenvalue weighted by Gasteiger charge is -2.27. The molecule has 10 nitrogen and oxygen atoms in total. The number of anilines is 2. The Kier molecular flexibility index (Phi) is 11.7. The summed E-state index contributed by atoms with van der Waals surface area (Å²) in [6.07, 6.45) is 2.78. The molecule has 1 unspecified atom stereocenters. The number of nitrogens with one attached hydrogen (secondary N) is 3. The molecule has 1 atom stereocenters. The minimum atomic E-state index is -0.501. The maximum atomic E-state index is 12.7. The first-order chi connectivity index (χ1) is 19.7. The number of urea groups is 1. The Hall–Kier alpha value is -4.10. The van der Waals surface area contributed by atoms with E-state index in [1.807, 2.05) is 36.4 Å². The number of aromatic nitrogens is 1. The first-order valence-corrected chi connectivity index (χ1v) is 13.2. The molecule has 3 N–H and O–H groups in total. The number of methoxy groups -OCH3 is 1. The van der Waals surface area contributed by atoms with E-state index in [1.54, 1.807) is 49.7 Å². The van der Waals surface area contributed by atoms with Crippen molar-refractivity contribution < 1.29 is 51.9 Å². The van der Waals surface area contributed by atoms with Crippen LogP contribution in [0.1, 0.15) is 23.7 Å². The highest BCUT2D eigenvalue weighted by molar-refractivity contribution is 6.00. The van der Waals surface area contributed by atoms with Gasteiger partial charge in [-0.1, -0.05) is 42.5 Å². The first kappa shape index (κ1) is 32.4. The number of alkyl carbamates (subject to hydrolysis) is 1. The quantitative estimate of drug-likeness (QED) is 0.165. The summed E-state index contributed by atoms with van der Waals surface area (Å²) in [5, 5.41) is 8.44. The number of hydrogen-bond acceptors (Lipinski definition) is 6. The minimum absolute atomic E-state index is 0. The van der Waals surface area contributed by atoms with Gasteiger partial charge in [-0.2, -0.15) is 0 Å². The third kappa shape index (κ3) is 9.77. The smallest absolute Gasteiger partial charge is 0.408 e. The SMILES string of the molecule is COc1cc(NC(=O)Nc2cccc(CNC(=O)OC(CC[N+](C)(C)C)c3ccccc3)c2)ccc1-c1cnco1.[I-]. The summed E-state index contributed by atoms with van der Waals surface area (Å²) in [4.78, 5) is 29.3. The maximum Gasteiger partial charge on any atom is 0.408 e. The summed E-state index contributed by atoms with van der Waals surface area (Å²) in [6.45, 7) is 1.09. The number of rotatable bonds is 11. The van der Waals surface area contributed by atoms with Gasteiger partial charge < -0.3 is 58.3 Å². The largest absolute Gasteiger partial charge is 1.00 e. The van der Waals surface area contributed by atoms with Crippen molar-refractivity contribution in [1.82, 2.24) is 10.3 Å². The van der Waals surface area contributed by atoms with E-state index in [1.165, 1.54) is 6.39 Å². The molecule has 0 radical (unpaired) electrons. The first-order valence-electron chi connectivity index (χ1n) is 13.2. The molecule has 0 bridgehead atoms. The summed E-state index contributed by atoms with van der Waals surface area (Å²) in [6, 6.07) is 21.8. The Morgan fingerprint density at radius 2 is 1.69 bits per heavy atom. The molecule has 1 heterocycles. The molecule has 4 rings (SSSR count). The number of hydrogen-bond donors (Lipinski definition) is 3. The van der Waals surface area contributed by atoms with Crippen molar-refractivity contribution in [1.29, 1.82) is 0 Å². The number of quaternary nitrogens is 1. The Labute approximate surface area is 263 Å². The average molecular weight is 686 g/mol. The van der Waals surface area contributed by atoms with Gasteiger partial charge in [0.05, 0.1) is 46.6 Å². The van der Waals surface area contributed by atoms with Gasteiger partial charge in [0.25, 0.3) is 0 Å². The van der Waals surface area contributed by atoms with Crippen molar-refractivity contribution in [3.63, 3.8) is 0 Å². The Balaban J connectivity index is 0.00000484. The van der Waals surface area contributed by atoms with Gasteiger partial charge in [0, 0.05) is 30.4 Å². The fraction of sp³-hybridized carbons (Fsp3) is 0.258. The van der Waals surface area contributed by atoms with Gasteiger partial charge in [-0.05, 0) is 35.4 Å². The lowest BCUT2D eigenvalue weighted by atomic mass is 10.1. The zero-order chi connectivity index (χ0) is 29.2. The molecule has 3 aromatic carbocycles. The van der Waals surface area contributed by atoms with E-state index in [4.69, 9.17) is 13.9 Å². The summed E-state index contributed by atoms with van der Waals surface area (Å²) in [5.41, 5.74) is 3.60. The van der Waals surface area contributed by atoms with Crippen LogP contribution in [0.15, 0.2) is 89.8 Å². The number of oxazole rings is 1. The lowest BCUT2D eigenvalue weighted by molar-refractivity contribution is -0.871. The highest BCUT2D eigenvalue weighted by atomic mass is 127. The van der Waals surface area contributed by atoms with Crippen LogP contribution in [0.3, 0.4) is 0 Å². The summed E-state index contributed by atoms with van der Waals surface area (Å²) >= 11 is 0. The molecule has 0 aliphatic carbocycles. The summed E-state index contributed by atoms with van der Waals surface area (Å²) in [5.74, 6) is 1.10. The van der Waals surface area contributed by atoms with Crippen LogP contribution in [-0.2, 0) is 11.3 Å². The standard InChI is InChI=1S/C31H35N5O5.HI/c1-36(2,3)16-15-27(23-10-6-5-7-11-23)41-31(38)33-19-22-9-8-12-24(17-22)34-30(37)35-25-13-14-26(28(18-25)39-4)29-20-32-21-40-29;/h5-14,17-18,20-21,27H,15-16,19H2,1-4H3,(H2-,33,34,35,37,38);1H. The van der Waals surface area contributed by atoms with Gasteiger partial charge in [0.2, 0.25) is 0 Å². The zero-order valence-electron chi connectivity index (χ0n) is 24.1. The number of nitrogens with zero attached hydrogens (tertiary/aromatic N) is 2. The predicted octanol–water partition coefficient (Wildman–Crippen LogP) is 3.06. The van der Waals surface area contributed by atoms with Crippen LogP contribution in [0, 0.1) is 0 Å². The van der Waals surface area contributed by atoms with Gasteiger partial charge in [0.15, 0.2) is 12.2 Å². The van der Waals surface area contributed by atoms with Gasteiger partial charge in [-0.25, -0.2) is 14.6 Å². The van der Waals surface area contributed by atoms with Crippen molar-refractivity contribution in [3.05, 3.63) is 96.5 Å². The highest BCUT2D eigenvalue weighted by Gasteiger charge is 2.20. The van der Waals surface area contributed by atoms with Crippen molar-refractivity contribution in [2.45, 2.75) is 19.1 Å². The molecule has 0 saturated carbocycles. The van der Waals surface area contributed by atoms with E-state index in [0.29, 0.717) is 29.3 Å². The van der Waals surface area contributed by atoms with Crippen LogP contribution in [-0.4, -0.2) is 56.4 Å². The molecule has 42 heavy (non-hydrogen) atoms. The molecule has 11 heteroatoms. The second kappa shape index (κ2) is 15.2. The van der Waals surface area contributed by atoms with E-state index in [-0.39, 0.29) is 36.6 Å². The third-order valence-electron chi connectivity index (χ3n) is 6.26. The van der Waals surface area contributed by atoms with Gasteiger partial charge in [0.1, 0.15) is 11.9 Å². The maximum absolute atomic E-state index is 12.7. The molecule has 222 valence electrons.